The lowest BCUT2D eigenvalue weighted by atomic mass is 10.00. The molecule has 130 valence electrons. The van der Waals surface area contributed by atoms with Crippen molar-refractivity contribution >= 4 is 34.5 Å². The predicted octanol–water partition coefficient (Wildman–Crippen LogP) is 4.47. The number of hydrogen-bond acceptors (Lipinski definition) is 3. The van der Waals surface area contributed by atoms with Gasteiger partial charge in [-0.1, -0.05) is 18.9 Å². The fraction of sp³-hybridized carbons (Fsp3) is 0.400. The molecule has 0 saturated heterocycles. The number of nitrogens with zero attached hydrogens (tertiary/aromatic N) is 1. The fourth-order valence-electron chi connectivity index (χ4n) is 3.85. The molecule has 25 heavy (non-hydrogen) atoms. The van der Waals surface area contributed by atoms with Gasteiger partial charge >= 0.3 is 0 Å². The van der Waals surface area contributed by atoms with Crippen molar-refractivity contribution in [3.8, 4) is 0 Å². The number of benzene rings is 1. The quantitative estimate of drug-likeness (QED) is 0.884. The van der Waals surface area contributed by atoms with Gasteiger partial charge in [0.25, 0.3) is 5.91 Å². The molecule has 2 aliphatic rings. The molecule has 4 nitrogen and oxygen atoms in total. The van der Waals surface area contributed by atoms with Gasteiger partial charge in [0.1, 0.15) is 0 Å². The molecule has 2 heterocycles. The average Bonchev–Trinajstić information content (AvgIpc) is 3.33. The van der Waals surface area contributed by atoms with E-state index in [4.69, 9.17) is 0 Å². The molecule has 1 N–H and O–H groups in total. The van der Waals surface area contributed by atoms with Crippen molar-refractivity contribution < 1.29 is 9.59 Å². The van der Waals surface area contributed by atoms with E-state index in [1.807, 2.05) is 40.6 Å². The highest BCUT2D eigenvalue weighted by atomic mass is 32.1. The average molecular weight is 354 g/mol. The van der Waals surface area contributed by atoms with Gasteiger partial charge in [0.15, 0.2) is 0 Å². The SMILES string of the molecule is O=C(Nc1ccc2c(c1)CCCN2C(=O)c1cccs1)C1CCCC1. The number of anilines is 2. The van der Waals surface area contributed by atoms with Crippen LogP contribution in [0.25, 0.3) is 0 Å². The van der Waals surface area contributed by atoms with E-state index in [0.29, 0.717) is 0 Å². The first-order valence-corrected chi connectivity index (χ1v) is 9.89. The molecule has 0 bridgehead atoms. The zero-order valence-corrected chi connectivity index (χ0v) is 15.0. The minimum absolute atomic E-state index is 0.0682. The highest BCUT2D eigenvalue weighted by Crippen LogP contribution is 2.32. The van der Waals surface area contributed by atoms with Crippen LogP contribution in [0.1, 0.15) is 47.3 Å². The molecule has 1 fully saturated rings. The molecule has 2 aromatic rings. The summed E-state index contributed by atoms with van der Waals surface area (Å²) in [4.78, 5) is 27.7. The van der Waals surface area contributed by atoms with E-state index in [2.05, 4.69) is 5.32 Å². The summed E-state index contributed by atoms with van der Waals surface area (Å²) in [7, 11) is 0. The van der Waals surface area contributed by atoms with Crippen LogP contribution in [0.4, 0.5) is 11.4 Å². The molecule has 0 spiro atoms. The summed E-state index contributed by atoms with van der Waals surface area (Å²) in [6.45, 7) is 0.748. The smallest absolute Gasteiger partial charge is 0.268 e. The zero-order valence-electron chi connectivity index (χ0n) is 14.2. The summed E-state index contributed by atoms with van der Waals surface area (Å²) in [5, 5.41) is 5.00. The molecule has 0 unspecified atom stereocenters. The Morgan fingerprint density at radius 2 is 1.96 bits per heavy atom. The molecule has 0 radical (unpaired) electrons. The van der Waals surface area contributed by atoms with Crippen LogP contribution in [0.5, 0.6) is 0 Å². The summed E-state index contributed by atoms with van der Waals surface area (Å²) in [5.74, 6) is 0.367. The largest absolute Gasteiger partial charge is 0.326 e. The normalized spacial score (nSPS) is 17.4. The van der Waals surface area contributed by atoms with Gasteiger partial charge in [0, 0.05) is 23.8 Å². The Kier molecular flexibility index (Phi) is 4.57. The molecular formula is C20H22N2O2S. The molecule has 1 aromatic heterocycles. The first kappa shape index (κ1) is 16.3. The number of carbonyl (C=O) groups is 2. The number of nitrogens with one attached hydrogen (secondary N) is 1. The molecule has 1 aliphatic carbocycles. The van der Waals surface area contributed by atoms with Gasteiger partial charge < -0.3 is 10.2 Å². The first-order valence-electron chi connectivity index (χ1n) is 9.01. The zero-order chi connectivity index (χ0) is 17.2. The van der Waals surface area contributed by atoms with Gasteiger partial charge in [-0.3, -0.25) is 9.59 Å². The van der Waals surface area contributed by atoms with E-state index in [9.17, 15) is 9.59 Å². The second kappa shape index (κ2) is 7.00. The van der Waals surface area contributed by atoms with E-state index in [-0.39, 0.29) is 17.7 Å². The topological polar surface area (TPSA) is 49.4 Å². The summed E-state index contributed by atoms with van der Waals surface area (Å²) in [5.41, 5.74) is 2.96. The monoisotopic (exact) mass is 354 g/mol. The van der Waals surface area contributed by atoms with Crippen LogP contribution in [0.15, 0.2) is 35.7 Å². The summed E-state index contributed by atoms with van der Waals surface area (Å²) >= 11 is 1.48. The van der Waals surface area contributed by atoms with Crippen LogP contribution >= 0.6 is 11.3 Å². The van der Waals surface area contributed by atoms with E-state index < -0.39 is 0 Å². The maximum atomic E-state index is 12.7. The van der Waals surface area contributed by atoms with Crippen molar-refractivity contribution in [1.82, 2.24) is 0 Å². The van der Waals surface area contributed by atoms with Gasteiger partial charge in [-0.2, -0.15) is 0 Å². The number of carbonyl (C=O) groups excluding carboxylic acids is 2. The molecule has 0 atom stereocenters. The van der Waals surface area contributed by atoms with Crippen LogP contribution in [0, 0.1) is 5.92 Å². The third-order valence-corrected chi connectivity index (χ3v) is 6.03. The Labute approximate surface area is 151 Å². The van der Waals surface area contributed by atoms with Crippen molar-refractivity contribution in [3.05, 3.63) is 46.2 Å². The van der Waals surface area contributed by atoms with Crippen LogP contribution in [-0.4, -0.2) is 18.4 Å². The predicted molar refractivity (Wildman–Crippen MR) is 101 cm³/mol. The molecule has 1 aromatic carbocycles. The number of hydrogen-bond donors (Lipinski definition) is 1. The van der Waals surface area contributed by atoms with E-state index in [1.54, 1.807) is 0 Å². The number of thiophene rings is 1. The van der Waals surface area contributed by atoms with Crippen molar-refractivity contribution in [1.29, 1.82) is 0 Å². The van der Waals surface area contributed by atoms with Gasteiger partial charge in [-0.25, -0.2) is 0 Å². The Balaban J connectivity index is 1.53. The molecule has 1 aliphatic heterocycles. The van der Waals surface area contributed by atoms with Crippen molar-refractivity contribution in [2.45, 2.75) is 38.5 Å². The van der Waals surface area contributed by atoms with Gasteiger partial charge in [0.2, 0.25) is 5.91 Å². The summed E-state index contributed by atoms with van der Waals surface area (Å²) in [6.07, 6.45) is 6.20. The maximum absolute atomic E-state index is 12.7. The number of aryl methyl sites for hydroxylation is 1. The van der Waals surface area contributed by atoms with Crippen molar-refractivity contribution in [2.75, 3.05) is 16.8 Å². The third-order valence-electron chi connectivity index (χ3n) is 5.17. The molecule has 2 amide bonds. The molecule has 5 heteroatoms. The third kappa shape index (κ3) is 3.33. The van der Waals surface area contributed by atoms with Crippen molar-refractivity contribution in [2.24, 2.45) is 5.92 Å². The minimum Gasteiger partial charge on any atom is -0.326 e. The maximum Gasteiger partial charge on any atom is 0.268 e. The lowest BCUT2D eigenvalue weighted by Gasteiger charge is -2.29. The standard InChI is InChI=1S/C20H22N2O2S/c23-19(14-5-1-2-6-14)21-16-9-10-17-15(13-16)7-3-11-22(17)20(24)18-8-4-12-25-18/h4,8-10,12-14H,1-3,5-7,11H2,(H,21,23). The molecule has 4 rings (SSSR count). The van der Waals surface area contributed by atoms with Gasteiger partial charge in [0.05, 0.1) is 4.88 Å². The Morgan fingerprint density at radius 1 is 1.12 bits per heavy atom. The molecular weight excluding hydrogens is 332 g/mol. The van der Waals surface area contributed by atoms with Crippen molar-refractivity contribution in [3.63, 3.8) is 0 Å². The highest BCUT2D eigenvalue weighted by molar-refractivity contribution is 7.12. The Hall–Kier alpha value is -2.14. The van der Waals surface area contributed by atoms with Crippen LogP contribution < -0.4 is 10.2 Å². The van der Waals surface area contributed by atoms with Crippen LogP contribution in [0.3, 0.4) is 0 Å². The number of rotatable bonds is 3. The summed E-state index contributed by atoms with van der Waals surface area (Å²) in [6, 6.07) is 9.72. The fourth-order valence-corrected chi connectivity index (χ4v) is 4.52. The van der Waals surface area contributed by atoms with E-state index >= 15 is 0 Å². The van der Waals surface area contributed by atoms with Crippen LogP contribution in [-0.2, 0) is 11.2 Å². The number of amides is 2. The first-order chi connectivity index (χ1) is 12.2. The van der Waals surface area contributed by atoms with E-state index in [0.717, 1.165) is 66.9 Å². The lowest BCUT2D eigenvalue weighted by molar-refractivity contribution is -0.119. The van der Waals surface area contributed by atoms with E-state index in [1.165, 1.54) is 11.3 Å². The van der Waals surface area contributed by atoms with Crippen LogP contribution in [0.2, 0.25) is 0 Å². The Morgan fingerprint density at radius 3 is 2.72 bits per heavy atom. The number of fused-ring (bicyclic) bond motifs is 1. The second-order valence-corrected chi connectivity index (χ2v) is 7.80. The second-order valence-electron chi connectivity index (χ2n) is 6.85. The summed E-state index contributed by atoms with van der Waals surface area (Å²) < 4.78 is 0. The highest BCUT2D eigenvalue weighted by Gasteiger charge is 2.26. The van der Waals surface area contributed by atoms with Gasteiger partial charge in [-0.05, 0) is 60.9 Å². The minimum atomic E-state index is 0.0682. The molecule has 1 saturated carbocycles. The van der Waals surface area contributed by atoms with Gasteiger partial charge in [-0.15, -0.1) is 11.3 Å². The Bertz CT molecular complexity index is 779. The lowest BCUT2D eigenvalue weighted by Crippen LogP contribution is -2.35.